The summed E-state index contributed by atoms with van der Waals surface area (Å²) in [5, 5.41) is 0. The molecule has 0 saturated heterocycles. The predicted octanol–water partition coefficient (Wildman–Crippen LogP) is 0.584. The zero-order valence-corrected chi connectivity index (χ0v) is 13.0. The summed E-state index contributed by atoms with van der Waals surface area (Å²) in [7, 11) is 2.57. The van der Waals surface area contributed by atoms with Gasteiger partial charge in [-0.1, -0.05) is 0 Å². The van der Waals surface area contributed by atoms with Gasteiger partial charge in [0.15, 0.2) is 0 Å². The van der Waals surface area contributed by atoms with Crippen LogP contribution in [0.1, 0.15) is 0 Å². The molecular weight excluding hydrogens is 348 g/mol. The van der Waals surface area contributed by atoms with Crippen LogP contribution in [-0.2, 0) is 38.0 Å². The Balaban J connectivity index is 4.21. The van der Waals surface area contributed by atoms with E-state index >= 15 is 0 Å². The second kappa shape index (κ2) is 11.1. The Bertz CT molecular complexity index is 391. The molecule has 0 rings (SSSR count). The Morgan fingerprint density at radius 1 is 0.875 bits per heavy atom. The van der Waals surface area contributed by atoms with E-state index in [0.717, 1.165) is 0 Å². The van der Waals surface area contributed by atoms with E-state index in [0.29, 0.717) is 0 Å². The van der Waals surface area contributed by atoms with Gasteiger partial charge in [-0.15, -0.1) is 0 Å². The van der Waals surface area contributed by atoms with Gasteiger partial charge in [0, 0.05) is 14.2 Å². The molecule has 0 unspecified atom stereocenters. The highest BCUT2D eigenvalue weighted by molar-refractivity contribution is 5.75. The van der Waals surface area contributed by atoms with Gasteiger partial charge in [0.05, 0.1) is 13.2 Å². The summed E-state index contributed by atoms with van der Waals surface area (Å²) < 4.78 is 77.5. The normalized spacial score (nSPS) is 12.1. The van der Waals surface area contributed by atoms with E-state index in [4.69, 9.17) is 0 Å². The average Bonchev–Trinajstić information content (AvgIpc) is 2.46. The van der Waals surface area contributed by atoms with Crippen molar-refractivity contribution in [2.75, 3.05) is 53.9 Å². The average molecular weight is 366 g/mol. The van der Waals surface area contributed by atoms with E-state index in [1.54, 1.807) is 0 Å². The fourth-order valence-electron chi connectivity index (χ4n) is 1.09. The molecule has 0 aliphatic heterocycles. The third-order valence-corrected chi connectivity index (χ3v) is 2.08. The molecule has 0 heterocycles. The summed E-state index contributed by atoms with van der Waals surface area (Å²) in [5.74, 6) is -3.31. The van der Waals surface area contributed by atoms with Gasteiger partial charge in [-0.3, -0.25) is 0 Å². The highest BCUT2D eigenvalue weighted by Gasteiger charge is 2.51. The second-order valence-electron chi connectivity index (χ2n) is 4.09. The molecular formula is C12H18F4O8. The maximum absolute atomic E-state index is 13.2. The number of ether oxygens (including phenoxy) is 6. The number of esters is 2. The first-order valence-electron chi connectivity index (χ1n) is 6.49. The van der Waals surface area contributed by atoms with Gasteiger partial charge in [0.2, 0.25) is 0 Å². The minimum Gasteiger partial charge on any atom is -0.462 e. The number of methoxy groups -OCH3 is 2. The van der Waals surface area contributed by atoms with Crippen molar-refractivity contribution in [2.45, 2.75) is 12.2 Å². The highest BCUT2D eigenvalue weighted by Crippen LogP contribution is 2.28. The standard InChI is InChI=1S/C12H18F4O8/c1-19-3-5-22-9(17)7-21-8-11(13,14)24-12(15,16)10(18)23-6-4-20-2/h3-8H2,1-2H3. The molecule has 0 aliphatic rings. The number of carbonyl (C=O) groups is 2. The van der Waals surface area contributed by atoms with Crippen molar-refractivity contribution in [3.8, 4) is 0 Å². The first kappa shape index (κ1) is 22.5. The zero-order chi connectivity index (χ0) is 18.6. The summed E-state index contributed by atoms with van der Waals surface area (Å²) >= 11 is 0. The molecule has 0 fully saturated rings. The Kier molecular flexibility index (Phi) is 10.4. The van der Waals surface area contributed by atoms with Gasteiger partial charge >= 0.3 is 24.2 Å². The number of carbonyl (C=O) groups excluding carboxylic acids is 2. The van der Waals surface area contributed by atoms with Crippen molar-refractivity contribution < 1.29 is 55.6 Å². The number of hydrogen-bond donors (Lipinski definition) is 0. The van der Waals surface area contributed by atoms with Crippen molar-refractivity contribution in [3.05, 3.63) is 0 Å². The molecule has 0 aromatic carbocycles. The van der Waals surface area contributed by atoms with Crippen molar-refractivity contribution >= 4 is 11.9 Å². The van der Waals surface area contributed by atoms with Crippen LogP contribution in [0.4, 0.5) is 17.6 Å². The van der Waals surface area contributed by atoms with Gasteiger partial charge < -0.3 is 23.7 Å². The van der Waals surface area contributed by atoms with E-state index in [9.17, 15) is 27.2 Å². The summed E-state index contributed by atoms with van der Waals surface area (Å²) in [6, 6.07) is 0. The third-order valence-electron chi connectivity index (χ3n) is 2.08. The summed E-state index contributed by atoms with van der Waals surface area (Å²) in [6.07, 6.45) is -9.45. The summed E-state index contributed by atoms with van der Waals surface area (Å²) in [4.78, 5) is 22.0. The third kappa shape index (κ3) is 10.3. The summed E-state index contributed by atoms with van der Waals surface area (Å²) in [6.45, 7) is -3.44. The highest BCUT2D eigenvalue weighted by atomic mass is 19.3. The van der Waals surface area contributed by atoms with Crippen LogP contribution in [-0.4, -0.2) is 78.0 Å². The van der Waals surface area contributed by atoms with Crippen LogP contribution in [0.3, 0.4) is 0 Å². The first-order valence-corrected chi connectivity index (χ1v) is 6.49. The maximum Gasteiger partial charge on any atom is 0.460 e. The van der Waals surface area contributed by atoms with Crippen LogP contribution in [0.25, 0.3) is 0 Å². The Morgan fingerprint density at radius 3 is 1.96 bits per heavy atom. The van der Waals surface area contributed by atoms with Gasteiger partial charge in [0.25, 0.3) is 0 Å². The summed E-state index contributed by atoms with van der Waals surface area (Å²) in [5.41, 5.74) is 0. The van der Waals surface area contributed by atoms with Crippen molar-refractivity contribution in [1.29, 1.82) is 0 Å². The molecule has 24 heavy (non-hydrogen) atoms. The van der Waals surface area contributed by atoms with E-state index in [1.807, 2.05) is 0 Å². The van der Waals surface area contributed by atoms with Crippen molar-refractivity contribution in [3.63, 3.8) is 0 Å². The van der Waals surface area contributed by atoms with E-state index in [-0.39, 0.29) is 19.8 Å². The van der Waals surface area contributed by atoms with Crippen LogP contribution >= 0.6 is 0 Å². The van der Waals surface area contributed by atoms with Crippen LogP contribution in [0.15, 0.2) is 0 Å². The number of hydrogen-bond acceptors (Lipinski definition) is 8. The Morgan fingerprint density at radius 2 is 1.42 bits per heavy atom. The SMILES string of the molecule is COCCOC(=O)COCC(F)(F)OC(F)(F)C(=O)OCCOC. The first-order chi connectivity index (χ1) is 11.1. The Labute approximate surface area is 134 Å². The van der Waals surface area contributed by atoms with Gasteiger partial charge in [0.1, 0.15) is 26.4 Å². The maximum atomic E-state index is 13.2. The molecule has 0 aliphatic carbocycles. The largest absolute Gasteiger partial charge is 0.462 e. The van der Waals surface area contributed by atoms with Crippen LogP contribution in [0.5, 0.6) is 0 Å². The molecule has 0 atom stereocenters. The van der Waals surface area contributed by atoms with Gasteiger partial charge in [-0.25, -0.2) is 14.3 Å². The molecule has 0 radical (unpaired) electrons. The predicted molar refractivity (Wildman–Crippen MR) is 67.5 cm³/mol. The van der Waals surface area contributed by atoms with E-state index in [1.165, 1.54) is 14.2 Å². The molecule has 0 amide bonds. The van der Waals surface area contributed by atoms with E-state index < -0.39 is 44.0 Å². The van der Waals surface area contributed by atoms with Crippen LogP contribution in [0.2, 0.25) is 0 Å². The molecule has 0 spiro atoms. The molecule has 142 valence electrons. The van der Waals surface area contributed by atoms with Crippen molar-refractivity contribution in [1.82, 2.24) is 0 Å². The minimum absolute atomic E-state index is 0.0857. The Hall–Kier alpha value is -1.50. The molecule has 0 aromatic rings. The fraction of sp³-hybridized carbons (Fsp3) is 0.833. The zero-order valence-electron chi connectivity index (χ0n) is 13.0. The quantitative estimate of drug-likeness (QED) is 0.266. The lowest BCUT2D eigenvalue weighted by atomic mass is 10.5. The number of alkyl halides is 4. The van der Waals surface area contributed by atoms with Gasteiger partial charge in [-0.2, -0.15) is 17.6 Å². The smallest absolute Gasteiger partial charge is 0.460 e. The number of rotatable bonds is 13. The monoisotopic (exact) mass is 366 g/mol. The molecule has 0 aromatic heterocycles. The molecule has 0 N–H and O–H groups in total. The minimum atomic E-state index is -4.90. The lowest BCUT2D eigenvalue weighted by molar-refractivity contribution is -0.374. The molecule has 0 bridgehead atoms. The van der Waals surface area contributed by atoms with Crippen LogP contribution < -0.4 is 0 Å². The molecule has 0 saturated carbocycles. The molecule has 12 heteroatoms. The lowest BCUT2D eigenvalue weighted by Gasteiger charge is -2.22. The fourth-order valence-corrected chi connectivity index (χ4v) is 1.09. The second-order valence-corrected chi connectivity index (χ2v) is 4.09. The number of halogens is 4. The van der Waals surface area contributed by atoms with Crippen molar-refractivity contribution in [2.24, 2.45) is 0 Å². The topological polar surface area (TPSA) is 89.5 Å². The lowest BCUT2D eigenvalue weighted by Crippen LogP contribution is -2.43. The molecule has 8 nitrogen and oxygen atoms in total. The van der Waals surface area contributed by atoms with Crippen LogP contribution in [0, 0.1) is 0 Å². The van der Waals surface area contributed by atoms with Gasteiger partial charge in [-0.05, 0) is 0 Å². The van der Waals surface area contributed by atoms with E-state index in [2.05, 4.69) is 28.4 Å².